The quantitative estimate of drug-likeness (QED) is 0.836. The minimum atomic E-state index is 0.242. The molecule has 0 fully saturated rings. The van der Waals surface area contributed by atoms with Gasteiger partial charge in [-0.2, -0.15) is 0 Å². The van der Waals surface area contributed by atoms with Gasteiger partial charge in [0.25, 0.3) is 0 Å². The van der Waals surface area contributed by atoms with Gasteiger partial charge >= 0.3 is 0 Å². The molecule has 2 aromatic carbocycles. The van der Waals surface area contributed by atoms with Crippen LogP contribution in [-0.2, 0) is 0 Å². The molecule has 0 bridgehead atoms. The molecule has 2 aromatic rings. The SMILES string of the molecule is Cc1ccccc1C(CN)Sc1ccccc1Cl. The molecule has 0 aromatic heterocycles. The van der Waals surface area contributed by atoms with E-state index in [0.717, 1.165) is 9.92 Å². The summed E-state index contributed by atoms with van der Waals surface area (Å²) in [7, 11) is 0. The van der Waals surface area contributed by atoms with Crippen LogP contribution < -0.4 is 5.73 Å². The van der Waals surface area contributed by atoms with E-state index in [2.05, 4.69) is 25.1 Å². The molecule has 0 aliphatic rings. The predicted octanol–water partition coefficient (Wildman–Crippen LogP) is 4.44. The van der Waals surface area contributed by atoms with E-state index in [4.69, 9.17) is 17.3 Å². The molecule has 0 radical (unpaired) electrons. The van der Waals surface area contributed by atoms with Gasteiger partial charge in [-0.3, -0.25) is 0 Å². The predicted molar refractivity (Wildman–Crippen MR) is 80.3 cm³/mol. The van der Waals surface area contributed by atoms with Crippen LogP contribution in [0.15, 0.2) is 53.4 Å². The molecule has 2 N–H and O–H groups in total. The van der Waals surface area contributed by atoms with Crippen molar-refractivity contribution in [3.63, 3.8) is 0 Å². The Hall–Kier alpha value is -0.960. The fourth-order valence-corrected chi connectivity index (χ4v) is 3.28. The third-order valence-corrected chi connectivity index (χ3v) is 4.64. The van der Waals surface area contributed by atoms with Crippen LogP contribution in [0.2, 0.25) is 5.02 Å². The first-order chi connectivity index (χ1) is 8.72. The standard InChI is InChI=1S/C15H16ClNS/c1-11-6-2-3-7-12(11)15(10-17)18-14-9-5-4-8-13(14)16/h2-9,15H,10,17H2,1H3. The van der Waals surface area contributed by atoms with Gasteiger partial charge in [-0.1, -0.05) is 48.0 Å². The van der Waals surface area contributed by atoms with Gasteiger partial charge in [0, 0.05) is 16.7 Å². The van der Waals surface area contributed by atoms with E-state index >= 15 is 0 Å². The van der Waals surface area contributed by atoms with Crippen LogP contribution in [0.1, 0.15) is 16.4 Å². The topological polar surface area (TPSA) is 26.0 Å². The molecular formula is C15H16ClNS. The van der Waals surface area contributed by atoms with Crippen molar-refractivity contribution in [1.82, 2.24) is 0 Å². The van der Waals surface area contributed by atoms with E-state index in [1.807, 2.05) is 30.3 Å². The van der Waals surface area contributed by atoms with E-state index in [1.165, 1.54) is 11.1 Å². The third-order valence-electron chi connectivity index (χ3n) is 2.86. The molecule has 0 spiro atoms. The van der Waals surface area contributed by atoms with E-state index in [-0.39, 0.29) is 5.25 Å². The summed E-state index contributed by atoms with van der Waals surface area (Å²) < 4.78 is 0. The Kier molecular flexibility index (Phi) is 4.70. The van der Waals surface area contributed by atoms with Crippen molar-refractivity contribution in [3.8, 4) is 0 Å². The zero-order chi connectivity index (χ0) is 13.0. The Morgan fingerprint density at radius 3 is 2.44 bits per heavy atom. The highest BCUT2D eigenvalue weighted by Crippen LogP contribution is 2.38. The minimum absolute atomic E-state index is 0.242. The molecule has 0 amide bonds. The Balaban J connectivity index is 2.26. The number of halogens is 1. The Morgan fingerprint density at radius 2 is 1.78 bits per heavy atom. The second-order valence-electron chi connectivity index (χ2n) is 4.13. The Morgan fingerprint density at radius 1 is 1.11 bits per heavy atom. The maximum Gasteiger partial charge on any atom is 0.0542 e. The normalized spacial score (nSPS) is 12.4. The molecule has 2 rings (SSSR count). The minimum Gasteiger partial charge on any atom is -0.329 e. The fourth-order valence-electron chi connectivity index (χ4n) is 1.88. The average Bonchev–Trinajstić information content (AvgIpc) is 2.39. The van der Waals surface area contributed by atoms with Gasteiger partial charge < -0.3 is 5.73 Å². The molecule has 0 saturated carbocycles. The fraction of sp³-hybridized carbons (Fsp3) is 0.200. The highest BCUT2D eigenvalue weighted by Gasteiger charge is 2.14. The summed E-state index contributed by atoms with van der Waals surface area (Å²) in [6, 6.07) is 16.2. The summed E-state index contributed by atoms with van der Waals surface area (Å²) >= 11 is 7.92. The molecule has 0 aliphatic carbocycles. The number of hydrogen-bond donors (Lipinski definition) is 1. The monoisotopic (exact) mass is 277 g/mol. The molecular weight excluding hydrogens is 262 g/mol. The highest BCUT2D eigenvalue weighted by molar-refractivity contribution is 7.99. The number of hydrogen-bond acceptors (Lipinski definition) is 2. The van der Waals surface area contributed by atoms with Crippen LogP contribution in [0.25, 0.3) is 0 Å². The van der Waals surface area contributed by atoms with E-state index in [0.29, 0.717) is 6.54 Å². The van der Waals surface area contributed by atoms with Crippen LogP contribution >= 0.6 is 23.4 Å². The van der Waals surface area contributed by atoms with Crippen molar-refractivity contribution in [2.24, 2.45) is 5.73 Å². The zero-order valence-electron chi connectivity index (χ0n) is 10.3. The summed E-state index contributed by atoms with van der Waals surface area (Å²) in [5.74, 6) is 0. The molecule has 1 unspecified atom stereocenters. The molecule has 1 atom stereocenters. The van der Waals surface area contributed by atoms with Gasteiger partial charge in [0.1, 0.15) is 0 Å². The zero-order valence-corrected chi connectivity index (χ0v) is 11.8. The second-order valence-corrected chi connectivity index (χ2v) is 5.78. The van der Waals surface area contributed by atoms with Crippen LogP contribution in [0.4, 0.5) is 0 Å². The third kappa shape index (κ3) is 3.08. The Bertz CT molecular complexity index is 527. The van der Waals surface area contributed by atoms with Gasteiger partial charge in [0.05, 0.1) is 5.02 Å². The molecule has 18 heavy (non-hydrogen) atoms. The lowest BCUT2D eigenvalue weighted by molar-refractivity contribution is 0.931. The lowest BCUT2D eigenvalue weighted by Crippen LogP contribution is -2.10. The summed E-state index contributed by atoms with van der Waals surface area (Å²) in [4.78, 5) is 1.08. The smallest absolute Gasteiger partial charge is 0.0542 e. The van der Waals surface area contributed by atoms with Crippen molar-refractivity contribution < 1.29 is 0 Å². The van der Waals surface area contributed by atoms with Crippen molar-refractivity contribution in [3.05, 3.63) is 64.7 Å². The molecule has 0 heterocycles. The number of aryl methyl sites for hydroxylation is 1. The first-order valence-corrected chi connectivity index (χ1v) is 7.15. The van der Waals surface area contributed by atoms with Gasteiger partial charge in [0.15, 0.2) is 0 Å². The van der Waals surface area contributed by atoms with E-state index in [9.17, 15) is 0 Å². The molecule has 1 nitrogen and oxygen atoms in total. The van der Waals surface area contributed by atoms with Gasteiger partial charge in [-0.05, 0) is 30.2 Å². The molecule has 94 valence electrons. The molecule has 0 aliphatic heterocycles. The summed E-state index contributed by atoms with van der Waals surface area (Å²) in [6.45, 7) is 2.71. The van der Waals surface area contributed by atoms with Crippen LogP contribution in [0, 0.1) is 6.92 Å². The van der Waals surface area contributed by atoms with Crippen LogP contribution in [0.3, 0.4) is 0 Å². The number of nitrogens with two attached hydrogens (primary N) is 1. The van der Waals surface area contributed by atoms with Crippen molar-refractivity contribution in [1.29, 1.82) is 0 Å². The summed E-state index contributed by atoms with van der Waals surface area (Å²) in [5, 5.41) is 1.03. The molecule has 3 heteroatoms. The van der Waals surface area contributed by atoms with Gasteiger partial charge in [-0.15, -0.1) is 11.8 Å². The van der Waals surface area contributed by atoms with Crippen molar-refractivity contribution >= 4 is 23.4 Å². The summed E-state index contributed by atoms with van der Waals surface area (Å²) in [6.07, 6.45) is 0. The van der Waals surface area contributed by atoms with Crippen LogP contribution in [0.5, 0.6) is 0 Å². The van der Waals surface area contributed by atoms with Crippen molar-refractivity contribution in [2.45, 2.75) is 17.1 Å². The maximum absolute atomic E-state index is 6.19. The molecule has 0 saturated heterocycles. The number of benzene rings is 2. The van der Waals surface area contributed by atoms with Gasteiger partial charge in [0.2, 0.25) is 0 Å². The lowest BCUT2D eigenvalue weighted by atomic mass is 10.1. The average molecular weight is 278 g/mol. The Labute approximate surface area is 117 Å². The first kappa shape index (κ1) is 13.5. The first-order valence-electron chi connectivity index (χ1n) is 5.89. The van der Waals surface area contributed by atoms with Gasteiger partial charge in [-0.25, -0.2) is 0 Å². The van der Waals surface area contributed by atoms with E-state index < -0.39 is 0 Å². The van der Waals surface area contributed by atoms with Crippen LogP contribution in [-0.4, -0.2) is 6.54 Å². The largest absolute Gasteiger partial charge is 0.329 e. The number of thioether (sulfide) groups is 1. The maximum atomic E-state index is 6.19. The summed E-state index contributed by atoms with van der Waals surface area (Å²) in [5.41, 5.74) is 8.46. The highest BCUT2D eigenvalue weighted by atomic mass is 35.5. The number of rotatable bonds is 4. The second kappa shape index (κ2) is 6.28. The van der Waals surface area contributed by atoms with Crippen molar-refractivity contribution in [2.75, 3.05) is 6.54 Å². The van der Waals surface area contributed by atoms with E-state index in [1.54, 1.807) is 11.8 Å². The lowest BCUT2D eigenvalue weighted by Gasteiger charge is -2.17.